The van der Waals surface area contributed by atoms with E-state index in [9.17, 15) is 28.8 Å². The lowest BCUT2D eigenvalue weighted by molar-refractivity contribution is -0.138. The Labute approximate surface area is 395 Å². The third-order valence-corrected chi connectivity index (χ3v) is 10.9. The van der Waals surface area contributed by atoms with Gasteiger partial charge < -0.3 is 50.5 Å². The SMILES string of the molecule is CN[C@@H](C)C(=O)N[C@@H](CC#CC#CC[C@H](NC(=O)[C@H](C)NC)C(=O)N1CCC[C@H]1c1nc(C(=O)Nc2ccccc2)co1)C(=O)N1CCC[C@H]1c1nc(C(=O)Nc2ccccc2)co1.Cl.Cl. The quantitative estimate of drug-likeness (QED) is 0.0876. The number of likely N-dealkylation sites (N-methyl/N-ethyl adjacent to an activating group) is 2. The van der Waals surface area contributed by atoms with Crippen molar-refractivity contribution < 1.29 is 37.6 Å². The maximum absolute atomic E-state index is 14.1. The summed E-state index contributed by atoms with van der Waals surface area (Å²) in [4.78, 5) is 92.0. The molecular formula is C46H54Cl2N10O8. The van der Waals surface area contributed by atoms with Gasteiger partial charge in [0.1, 0.15) is 36.7 Å². The van der Waals surface area contributed by atoms with Crippen molar-refractivity contribution in [2.45, 2.75) is 88.6 Å². The average molecular weight is 946 g/mol. The standard InChI is InChI=1S/C46H52N10O8.2ClH/c1-29(47-3)39(57)51-33(45(61)55-25-15-23-37(55)43-53-35(27-63-43)41(59)49-31-17-9-7-10-18-31)21-13-5-6-14-22-34(52-40(58)30(2)48-4)46(62)56-26-16-24-38(56)44-54-36(28-64-44)42(60)50-32-19-11-8-12-20-32;;/h7-12,17-20,27-30,33-34,37-38,47-48H,15-16,21-26H2,1-4H3,(H,49,59)(H,50,60)(H,51,57)(H,52,58);2*1H/t29-,30-,33-,34-,37-,38-;;/m0../s1. The molecule has 6 atom stereocenters. The Morgan fingerprint density at radius 3 is 1.38 bits per heavy atom. The van der Waals surface area contributed by atoms with E-state index in [1.165, 1.54) is 12.5 Å². The van der Waals surface area contributed by atoms with E-state index in [-0.39, 0.29) is 60.8 Å². The predicted molar refractivity (Wildman–Crippen MR) is 249 cm³/mol. The average Bonchev–Trinajstić information content (AvgIpc) is 4.16. The van der Waals surface area contributed by atoms with Gasteiger partial charge in [-0.25, -0.2) is 9.97 Å². The van der Waals surface area contributed by atoms with E-state index in [1.54, 1.807) is 86.3 Å². The molecule has 6 amide bonds. The first kappa shape index (κ1) is 51.9. The molecule has 0 radical (unpaired) electrons. The van der Waals surface area contributed by atoms with Crippen molar-refractivity contribution >= 4 is 71.6 Å². The second kappa shape index (κ2) is 25.1. The van der Waals surface area contributed by atoms with Gasteiger partial charge in [-0.15, -0.1) is 24.8 Å². The van der Waals surface area contributed by atoms with E-state index in [0.29, 0.717) is 50.1 Å². The van der Waals surface area contributed by atoms with Gasteiger partial charge >= 0.3 is 0 Å². The number of rotatable bonds is 16. The van der Waals surface area contributed by atoms with Crippen molar-refractivity contribution in [3.05, 3.63) is 96.4 Å². The number of nitrogens with zero attached hydrogens (tertiary/aromatic N) is 4. The monoisotopic (exact) mass is 944 g/mol. The summed E-state index contributed by atoms with van der Waals surface area (Å²) in [6, 6.07) is 13.4. The lowest BCUT2D eigenvalue weighted by atomic mass is 10.1. The Morgan fingerprint density at radius 1 is 0.636 bits per heavy atom. The van der Waals surface area contributed by atoms with Crippen molar-refractivity contribution in [1.82, 2.24) is 41.0 Å². The Bertz CT molecular complexity index is 2260. The van der Waals surface area contributed by atoms with Gasteiger partial charge in [-0.1, -0.05) is 48.2 Å². The highest BCUT2D eigenvalue weighted by atomic mass is 35.5. The van der Waals surface area contributed by atoms with Crippen molar-refractivity contribution in [3.63, 3.8) is 0 Å². The van der Waals surface area contributed by atoms with Crippen LogP contribution in [0.15, 0.2) is 82.0 Å². The number of oxazole rings is 2. The maximum atomic E-state index is 14.1. The van der Waals surface area contributed by atoms with E-state index in [4.69, 9.17) is 8.83 Å². The van der Waals surface area contributed by atoms with Crippen molar-refractivity contribution in [3.8, 4) is 23.7 Å². The molecule has 4 heterocycles. The first-order chi connectivity index (χ1) is 31.0. The second-order valence-electron chi connectivity index (χ2n) is 15.3. The Kier molecular flexibility index (Phi) is 19.8. The van der Waals surface area contributed by atoms with Gasteiger partial charge in [0.2, 0.25) is 35.4 Å². The molecule has 0 spiro atoms. The van der Waals surface area contributed by atoms with Gasteiger partial charge in [0.15, 0.2) is 11.4 Å². The number of carbonyl (C=O) groups excluding carboxylic acids is 6. The minimum absolute atomic E-state index is 0. The van der Waals surface area contributed by atoms with E-state index < -0.39 is 71.7 Å². The van der Waals surface area contributed by atoms with Crippen LogP contribution in [0, 0.1) is 23.7 Å². The zero-order valence-corrected chi connectivity index (χ0v) is 38.6. The van der Waals surface area contributed by atoms with Gasteiger partial charge in [-0.2, -0.15) is 0 Å². The topological polar surface area (TPSA) is 233 Å². The fraction of sp³-hybridized carbons (Fsp3) is 0.391. The van der Waals surface area contributed by atoms with Crippen LogP contribution in [-0.4, -0.2) is 107 Å². The minimum atomic E-state index is -1.06. The number of halogens is 2. The molecule has 66 heavy (non-hydrogen) atoms. The van der Waals surface area contributed by atoms with Crippen molar-refractivity contribution in [2.24, 2.45) is 0 Å². The van der Waals surface area contributed by atoms with E-state index in [2.05, 4.69) is 65.6 Å². The fourth-order valence-electron chi connectivity index (χ4n) is 7.15. The number of hydrogen-bond donors (Lipinski definition) is 6. The Morgan fingerprint density at radius 2 is 1.02 bits per heavy atom. The van der Waals surface area contributed by atoms with Crippen LogP contribution < -0.4 is 31.9 Å². The zero-order chi connectivity index (χ0) is 45.6. The van der Waals surface area contributed by atoms with E-state index in [1.807, 2.05) is 12.1 Å². The number of nitrogens with one attached hydrogen (secondary N) is 6. The first-order valence-electron chi connectivity index (χ1n) is 21.1. The molecule has 18 nitrogen and oxygen atoms in total. The number of amides is 6. The van der Waals surface area contributed by atoms with Crippen LogP contribution in [0.1, 0.15) is 97.2 Å². The number of hydrogen-bond acceptors (Lipinski definition) is 12. The fourth-order valence-corrected chi connectivity index (χ4v) is 7.15. The van der Waals surface area contributed by atoms with Crippen LogP contribution in [0.4, 0.5) is 11.4 Å². The largest absolute Gasteiger partial charge is 0.446 e. The maximum Gasteiger partial charge on any atom is 0.277 e. The molecule has 6 N–H and O–H groups in total. The molecule has 2 aromatic heterocycles. The summed E-state index contributed by atoms with van der Waals surface area (Å²) in [6.45, 7) is 4.05. The molecule has 20 heteroatoms. The van der Waals surface area contributed by atoms with Gasteiger partial charge in [0.25, 0.3) is 11.8 Å². The smallest absolute Gasteiger partial charge is 0.277 e. The van der Waals surface area contributed by atoms with E-state index >= 15 is 0 Å². The molecule has 4 aromatic rings. The summed E-state index contributed by atoms with van der Waals surface area (Å²) in [5, 5.41) is 16.9. The van der Waals surface area contributed by atoms with E-state index in [0.717, 1.165) is 0 Å². The molecule has 0 saturated carbocycles. The second-order valence-corrected chi connectivity index (χ2v) is 15.3. The first-order valence-corrected chi connectivity index (χ1v) is 21.1. The van der Waals surface area contributed by atoms with Crippen LogP contribution in [-0.2, 0) is 19.2 Å². The highest BCUT2D eigenvalue weighted by Crippen LogP contribution is 2.34. The van der Waals surface area contributed by atoms with Crippen LogP contribution in [0.3, 0.4) is 0 Å². The molecular weight excluding hydrogens is 891 g/mol. The number of para-hydroxylation sites is 2. The molecule has 0 bridgehead atoms. The molecule has 6 rings (SSSR count). The number of anilines is 2. The lowest BCUT2D eigenvalue weighted by Crippen LogP contribution is -2.52. The van der Waals surface area contributed by atoms with Crippen LogP contribution in [0.25, 0.3) is 0 Å². The molecule has 2 aromatic carbocycles. The molecule has 350 valence electrons. The van der Waals surface area contributed by atoms with Gasteiger partial charge in [-0.05, 0) is 89.7 Å². The molecule has 2 aliphatic rings. The lowest BCUT2D eigenvalue weighted by Gasteiger charge is -2.27. The molecule has 2 saturated heterocycles. The Balaban J connectivity index is 0.00000476. The van der Waals surface area contributed by atoms with Crippen molar-refractivity contribution in [2.75, 3.05) is 37.8 Å². The van der Waals surface area contributed by atoms with Crippen LogP contribution >= 0.6 is 24.8 Å². The predicted octanol–water partition coefficient (Wildman–Crippen LogP) is 4.01. The number of aromatic nitrogens is 2. The van der Waals surface area contributed by atoms with Gasteiger partial charge in [0.05, 0.1) is 12.1 Å². The normalized spacial score (nSPS) is 16.8. The van der Waals surface area contributed by atoms with Gasteiger partial charge in [-0.3, -0.25) is 28.8 Å². The Hall–Kier alpha value is -6.70. The summed E-state index contributed by atoms with van der Waals surface area (Å²) in [7, 11) is 3.26. The number of benzene rings is 2. The summed E-state index contributed by atoms with van der Waals surface area (Å²) in [6.07, 6.45) is 4.66. The highest BCUT2D eigenvalue weighted by Gasteiger charge is 2.39. The van der Waals surface area contributed by atoms with Gasteiger partial charge in [0, 0.05) is 37.3 Å². The third-order valence-electron chi connectivity index (χ3n) is 10.9. The molecule has 0 aliphatic carbocycles. The van der Waals surface area contributed by atoms with Crippen molar-refractivity contribution in [1.29, 1.82) is 0 Å². The summed E-state index contributed by atoms with van der Waals surface area (Å²) in [5.74, 6) is 9.09. The summed E-state index contributed by atoms with van der Waals surface area (Å²) < 4.78 is 11.4. The molecule has 0 unspecified atom stereocenters. The third kappa shape index (κ3) is 13.4. The minimum Gasteiger partial charge on any atom is -0.446 e. The summed E-state index contributed by atoms with van der Waals surface area (Å²) in [5.41, 5.74) is 1.31. The number of carbonyl (C=O) groups is 6. The van der Waals surface area contributed by atoms with Crippen LogP contribution in [0.2, 0.25) is 0 Å². The highest BCUT2D eigenvalue weighted by molar-refractivity contribution is 6.03. The van der Waals surface area contributed by atoms with Crippen LogP contribution in [0.5, 0.6) is 0 Å². The molecule has 2 aliphatic heterocycles. The number of likely N-dealkylation sites (tertiary alicyclic amines) is 2. The summed E-state index contributed by atoms with van der Waals surface area (Å²) >= 11 is 0. The zero-order valence-electron chi connectivity index (χ0n) is 36.9. The molecule has 2 fully saturated rings.